The van der Waals surface area contributed by atoms with Crippen LogP contribution < -0.4 is 10.0 Å². The van der Waals surface area contributed by atoms with Gasteiger partial charge in [0.05, 0.1) is 4.90 Å². The van der Waals surface area contributed by atoms with E-state index in [2.05, 4.69) is 10.0 Å². The topological polar surface area (TPSA) is 58.2 Å². The lowest BCUT2D eigenvalue weighted by atomic mass is 10.2. The fraction of sp³-hybridized carbons (Fsp3) is 0.200. The summed E-state index contributed by atoms with van der Waals surface area (Å²) in [5.74, 6) is -0.411. The second-order valence-corrected chi connectivity index (χ2v) is 6.22. The Morgan fingerprint density at radius 1 is 1.10 bits per heavy atom. The quantitative estimate of drug-likeness (QED) is 0.862. The maximum Gasteiger partial charge on any atom is 0.261 e. The van der Waals surface area contributed by atoms with Crippen molar-refractivity contribution in [1.29, 1.82) is 0 Å². The van der Waals surface area contributed by atoms with Crippen molar-refractivity contribution in [3.63, 3.8) is 0 Å². The van der Waals surface area contributed by atoms with Crippen LogP contribution >= 0.6 is 0 Å². The maximum atomic E-state index is 12.8. The highest BCUT2D eigenvalue weighted by Gasteiger charge is 2.14. The number of hydrogen-bond acceptors (Lipinski definition) is 3. The van der Waals surface area contributed by atoms with E-state index in [4.69, 9.17) is 0 Å². The van der Waals surface area contributed by atoms with Crippen LogP contribution in [0.2, 0.25) is 0 Å². The summed E-state index contributed by atoms with van der Waals surface area (Å²) >= 11 is 0. The lowest BCUT2D eigenvalue weighted by Gasteiger charge is -2.09. The van der Waals surface area contributed by atoms with Gasteiger partial charge in [0.2, 0.25) is 0 Å². The Bertz CT molecular complexity index is 700. The van der Waals surface area contributed by atoms with E-state index in [-0.39, 0.29) is 4.90 Å². The molecular formula is C15H17FN2O2S. The molecule has 2 rings (SSSR count). The van der Waals surface area contributed by atoms with Crippen molar-refractivity contribution in [2.24, 2.45) is 0 Å². The summed E-state index contributed by atoms with van der Waals surface area (Å²) in [4.78, 5) is 0.183. The lowest BCUT2D eigenvalue weighted by molar-refractivity contribution is 0.600. The summed E-state index contributed by atoms with van der Waals surface area (Å²) in [5, 5.41) is 3.14. The molecule has 0 saturated carbocycles. The maximum absolute atomic E-state index is 12.8. The predicted octanol–water partition coefficient (Wildman–Crippen LogP) is 2.74. The fourth-order valence-electron chi connectivity index (χ4n) is 1.82. The van der Waals surface area contributed by atoms with Crippen LogP contribution in [0.5, 0.6) is 0 Å². The summed E-state index contributed by atoms with van der Waals surface area (Å²) in [5.41, 5.74) is 1.22. The van der Waals surface area contributed by atoms with Gasteiger partial charge in [-0.2, -0.15) is 0 Å². The Morgan fingerprint density at radius 2 is 1.81 bits per heavy atom. The molecule has 2 aromatic rings. The SMILES string of the molecule is CCNCc1cccc(S(=O)(=O)Nc2ccc(F)cc2)c1. The highest BCUT2D eigenvalue weighted by atomic mass is 32.2. The molecule has 0 aliphatic rings. The van der Waals surface area contributed by atoms with Crippen molar-refractivity contribution < 1.29 is 12.8 Å². The molecule has 2 aromatic carbocycles. The smallest absolute Gasteiger partial charge is 0.261 e. The molecule has 0 saturated heterocycles. The van der Waals surface area contributed by atoms with E-state index in [1.165, 1.54) is 30.3 Å². The Labute approximate surface area is 124 Å². The number of halogens is 1. The molecule has 112 valence electrons. The normalized spacial score (nSPS) is 11.3. The number of hydrogen-bond donors (Lipinski definition) is 2. The van der Waals surface area contributed by atoms with Gasteiger partial charge in [0.15, 0.2) is 0 Å². The van der Waals surface area contributed by atoms with Gasteiger partial charge < -0.3 is 5.32 Å². The molecule has 0 heterocycles. The first-order chi connectivity index (χ1) is 10.0. The minimum absolute atomic E-state index is 0.183. The number of sulfonamides is 1. The highest BCUT2D eigenvalue weighted by molar-refractivity contribution is 7.92. The number of rotatable bonds is 6. The molecule has 0 bridgehead atoms. The van der Waals surface area contributed by atoms with Gasteiger partial charge in [-0.3, -0.25) is 4.72 Å². The molecule has 0 radical (unpaired) electrons. The van der Waals surface area contributed by atoms with Crippen LogP contribution in [0.15, 0.2) is 53.4 Å². The van der Waals surface area contributed by atoms with Crippen molar-refractivity contribution >= 4 is 15.7 Å². The molecule has 6 heteroatoms. The van der Waals surface area contributed by atoms with E-state index in [0.29, 0.717) is 12.2 Å². The van der Waals surface area contributed by atoms with E-state index in [0.717, 1.165) is 12.1 Å². The van der Waals surface area contributed by atoms with Crippen molar-refractivity contribution in [2.45, 2.75) is 18.4 Å². The van der Waals surface area contributed by atoms with Crippen LogP contribution in [-0.2, 0) is 16.6 Å². The average Bonchev–Trinajstić information content (AvgIpc) is 2.48. The van der Waals surface area contributed by atoms with Crippen molar-refractivity contribution in [3.05, 3.63) is 59.9 Å². The van der Waals surface area contributed by atoms with Gasteiger partial charge in [0, 0.05) is 12.2 Å². The molecule has 0 fully saturated rings. The molecule has 0 atom stereocenters. The van der Waals surface area contributed by atoms with Gasteiger partial charge >= 0.3 is 0 Å². The van der Waals surface area contributed by atoms with Gasteiger partial charge in [-0.05, 0) is 48.5 Å². The van der Waals surface area contributed by atoms with E-state index in [9.17, 15) is 12.8 Å². The van der Waals surface area contributed by atoms with Crippen molar-refractivity contribution in [2.75, 3.05) is 11.3 Å². The molecule has 0 aliphatic heterocycles. The van der Waals surface area contributed by atoms with Gasteiger partial charge in [0.25, 0.3) is 10.0 Å². The second-order valence-electron chi connectivity index (χ2n) is 4.54. The van der Waals surface area contributed by atoms with Gasteiger partial charge in [0.1, 0.15) is 5.82 Å². The van der Waals surface area contributed by atoms with Crippen LogP contribution in [0.3, 0.4) is 0 Å². The summed E-state index contributed by atoms with van der Waals surface area (Å²) < 4.78 is 39.8. The molecule has 0 aliphatic carbocycles. The zero-order valence-electron chi connectivity index (χ0n) is 11.6. The largest absolute Gasteiger partial charge is 0.313 e. The third kappa shape index (κ3) is 4.27. The average molecular weight is 308 g/mol. The van der Waals surface area contributed by atoms with Crippen molar-refractivity contribution in [1.82, 2.24) is 5.32 Å². The summed E-state index contributed by atoms with van der Waals surface area (Å²) in [6.07, 6.45) is 0. The summed E-state index contributed by atoms with van der Waals surface area (Å²) in [6.45, 7) is 3.40. The van der Waals surface area contributed by atoms with Crippen LogP contribution in [0.1, 0.15) is 12.5 Å². The first-order valence-electron chi connectivity index (χ1n) is 6.59. The molecular weight excluding hydrogens is 291 g/mol. The molecule has 0 spiro atoms. The van der Waals surface area contributed by atoms with Crippen LogP contribution in [0.25, 0.3) is 0 Å². The van der Waals surface area contributed by atoms with Crippen LogP contribution in [0, 0.1) is 5.82 Å². The number of nitrogens with one attached hydrogen (secondary N) is 2. The van der Waals surface area contributed by atoms with E-state index >= 15 is 0 Å². The Morgan fingerprint density at radius 3 is 2.48 bits per heavy atom. The monoisotopic (exact) mass is 308 g/mol. The van der Waals surface area contributed by atoms with Crippen molar-refractivity contribution in [3.8, 4) is 0 Å². The fourth-order valence-corrected chi connectivity index (χ4v) is 2.95. The first kappa shape index (κ1) is 15.5. The van der Waals surface area contributed by atoms with Gasteiger partial charge in [-0.25, -0.2) is 12.8 Å². The van der Waals surface area contributed by atoms with E-state index < -0.39 is 15.8 Å². The Kier molecular flexibility index (Phi) is 4.93. The molecule has 2 N–H and O–H groups in total. The first-order valence-corrected chi connectivity index (χ1v) is 8.07. The molecule has 21 heavy (non-hydrogen) atoms. The molecule has 0 unspecified atom stereocenters. The highest BCUT2D eigenvalue weighted by Crippen LogP contribution is 2.17. The predicted molar refractivity (Wildman–Crippen MR) is 81.0 cm³/mol. The number of benzene rings is 2. The Balaban J connectivity index is 2.20. The van der Waals surface area contributed by atoms with E-state index in [1.807, 2.05) is 13.0 Å². The third-order valence-electron chi connectivity index (χ3n) is 2.88. The zero-order chi connectivity index (χ0) is 15.3. The standard InChI is InChI=1S/C15H17FN2O2S/c1-2-17-11-12-4-3-5-15(10-12)21(19,20)18-14-8-6-13(16)7-9-14/h3-10,17-18H,2,11H2,1H3. The Hall–Kier alpha value is -1.92. The molecule has 0 aromatic heterocycles. The third-order valence-corrected chi connectivity index (χ3v) is 4.26. The minimum atomic E-state index is -3.67. The lowest BCUT2D eigenvalue weighted by Crippen LogP contribution is -2.15. The van der Waals surface area contributed by atoms with Crippen LogP contribution in [-0.4, -0.2) is 15.0 Å². The zero-order valence-corrected chi connectivity index (χ0v) is 12.5. The van der Waals surface area contributed by atoms with E-state index in [1.54, 1.807) is 12.1 Å². The second kappa shape index (κ2) is 6.69. The van der Waals surface area contributed by atoms with Gasteiger partial charge in [-0.1, -0.05) is 19.1 Å². The van der Waals surface area contributed by atoms with Crippen LogP contribution in [0.4, 0.5) is 10.1 Å². The minimum Gasteiger partial charge on any atom is -0.313 e. The summed E-state index contributed by atoms with van der Waals surface area (Å²) in [7, 11) is -3.67. The molecule has 4 nitrogen and oxygen atoms in total. The summed E-state index contributed by atoms with van der Waals surface area (Å²) in [6, 6.07) is 11.9. The molecule has 0 amide bonds. The number of anilines is 1. The van der Waals surface area contributed by atoms with Gasteiger partial charge in [-0.15, -0.1) is 0 Å².